The molecule has 3 aromatic carbocycles. The Hall–Kier alpha value is -4.98. The van der Waals surface area contributed by atoms with E-state index in [0.717, 1.165) is 12.1 Å². The van der Waals surface area contributed by atoms with Crippen molar-refractivity contribution in [1.29, 1.82) is 0 Å². The second-order valence-corrected chi connectivity index (χ2v) is 9.25. The zero-order valence-electron chi connectivity index (χ0n) is 22.0. The molecule has 42 heavy (non-hydrogen) atoms. The average molecular weight is 597 g/mol. The SMILES string of the molecule is CCOC(=O)c1ccccc1N1C(=O)CS/C1=N\N=C\c1ccc(C(N)=NC=Nc2ccc(OC(F)(F)F)cc2)cc1. The number of alkyl halides is 3. The summed E-state index contributed by atoms with van der Waals surface area (Å²) in [4.78, 5) is 34.4. The molecule has 1 aliphatic heterocycles. The Balaban J connectivity index is 1.41. The van der Waals surface area contributed by atoms with Crippen LogP contribution in [0, 0.1) is 0 Å². The first-order chi connectivity index (χ1) is 20.1. The van der Waals surface area contributed by atoms with Crippen LogP contribution in [-0.4, -0.2) is 54.2 Å². The fraction of sp³-hybridized carbons (Fsp3) is 0.143. The van der Waals surface area contributed by atoms with Crippen molar-refractivity contribution < 1.29 is 32.2 Å². The van der Waals surface area contributed by atoms with Gasteiger partial charge in [-0.3, -0.25) is 9.69 Å². The number of amidine groups is 2. The molecule has 0 bridgehead atoms. The number of hydrogen-bond acceptors (Lipinski definition) is 8. The Morgan fingerprint density at radius 2 is 1.79 bits per heavy atom. The van der Waals surface area contributed by atoms with Crippen LogP contribution in [0.5, 0.6) is 5.75 Å². The molecule has 0 atom stereocenters. The molecular formula is C28H23F3N6O4S. The first-order valence-electron chi connectivity index (χ1n) is 12.3. The minimum atomic E-state index is -4.77. The minimum Gasteiger partial charge on any atom is -0.462 e. The van der Waals surface area contributed by atoms with Gasteiger partial charge in [0, 0.05) is 5.56 Å². The van der Waals surface area contributed by atoms with Gasteiger partial charge in [-0.25, -0.2) is 14.8 Å². The Morgan fingerprint density at radius 3 is 2.48 bits per heavy atom. The topological polar surface area (TPSA) is 131 Å². The summed E-state index contributed by atoms with van der Waals surface area (Å²) in [6.07, 6.45) is -2.09. The lowest BCUT2D eigenvalue weighted by Crippen LogP contribution is -2.30. The van der Waals surface area contributed by atoms with Crippen LogP contribution in [0.1, 0.15) is 28.4 Å². The van der Waals surface area contributed by atoms with Gasteiger partial charge < -0.3 is 15.2 Å². The van der Waals surface area contributed by atoms with Gasteiger partial charge in [0.2, 0.25) is 5.91 Å². The second-order valence-electron chi connectivity index (χ2n) is 8.31. The summed E-state index contributed by atoms with van der Waals surface area (Å²) in [7, 11) is 0. The van der Waals surface area contributed by atoms with Crippen LogP contribution in [-0.2, 0) is 9.53 Å². The van der Waals surface area contributed by atoms with Gasteiger partial charge >= 0.3 is 12.3 Å². The van der Waals surface area contributed by atoms with Crippen molar-refractivity contribution >= 4 is 58.6 Å². The van der Waals surface area contributed by atoms with Crippen LogP contribution in [0.15, 0.2) is 93.0 Å². The largest absolute Gasteiger partial charge is 0.573 e. The lowest BCUT2D eigenvalue weighted by molar-refractivity contribution is -0.274. The molecule has 0 spiro atoms. The van der Waals surface area contributed by atoms with Crippen molar-refractivity contribution in [3.05, 3.63) is 89.5 Å². The van der Waals surface area contributed by atoms with Crippen molar-refractivity contribution in [2.45, 2.75) is 13.3 Å². The number of aliphatic imine (C=N–C) groups is 2. The predicted molar refractivity (Wildman–Crippen MR) is 156 cm³/mol. The maximum absolute atomic E-state index is 12.6. The summed E-state index contributed by atoms with van der Waals surface area (Å²) in [5.41, 5.74) is 8.28. The van der Waals surface area contributed by atoms with Crippen molar-refractivity contribution in [2.75, 3.05) is 17.3 Å². The van der Waals surface area contributed by atoms with Crippen LogP contribution < -0.4 is 15.4 Å². The van der Waals surface area contributed by atoms with E-state index in [-0.39, 0.29) is 35.4 Å². The van der Waals surface area contributed by atoms with E-state index in [1.54, 1.807) is 55.5 Å². The monoisotopic (exact) mass is 596 g/mol. The van der Waals surface area contributed by atoms with Crippen LogP contribution in [0.3, 0.4) is 0 Å². The highest BCUT2D eigenvalue weighted by Gasteiger charge is 2.33. The number of carbonyl (C=O) groups excluding carboxylic acids is 2. The molecular weight excluding hydrogens is 573 g/mol. The number of nitrogens with two attached hydrogens (primary N) is 1. The third kappa shape index (κ3) is 8.04. The predicted octanol–water partition coefficient (Wildman–Crippen LogP) is 5.30. The van der Waals surface area contributed by atoms with Gasteiger partial charge in [0.25, 0.3) is 0 Å². The van der Waals surface area contributed by atoms with Gasteiger partial charge in [0.1, 0.15) is 17.9 Å². The highest BCUT2D eigenvalue weighted by Crippen LogP contribution is 2.30. The Morgan fingerprint density at radius 1 is 1.07 bits per heavy atom. The lowest BCUT2D eigenvalue weighted by Gasteiger charge is -2.18. The first kappa shape index (κ1) is 30.0. The standard InChI is InChI=1S/C28H23F3N6O4S/c1-2-40-26(39)22-5-3-4-6-23(22)37-24(38)16-42-27(37)36-35-15-18-7-9-19(10-8-18)25(32)34-17-33-20-11-13-21(14-12-20)41-28(29,30)31/h3-15,17H,2,16H2,1H3,(H2,32,33,34)/b35-15+,36-27-. The number of rotatable bonds is 9. The first-order valence-corrected chi connectivity index (χ1v) is 13.3. The van der Waals surface area contributed by atoms with E-state index in [0.29, 0.717) is 27.7 Å². The number of esters is 1. The molecule has 2 N–H and O–H groups in total. The highest BCUT2D eigenvalue weighted by molar-refractivity contribution is 8.15. The van der Waals surface area contributed by atoms with E-state index in [1.807, 2.05) is 0 Å². The van der Waals surface area contributed by atoms with Crippen molar-refractivity contribution in [2.24, 2.45) is 25.9 Å². The average Bonchev–Trinajstić information content (AvgIpc) is 3.33. The summed E-state index contributed by atoms with van der Waals surface area (Å²) >= 11 is 1.20. The van der Waals surface area contributed by atoms with Gasteiger partial charge in [-0.15, -0.1) is 18.3 Å². The smallest absolute Gasteiger partial charge is 0.462 e. The second kappa shape index (κ2) is 13.6. The normalized spacial score (nSPS) is 15.2. The van der Waals surface area contributed by atoms with E-state index >= 15 is 0 Å². The summed E-state index contributed by atoms with van der Waals surface area (Å²) < 4.78 is 45.7. The molecule has 0 aromatic heterocycles. The molecule has 1 saturated heterocycles. The van der Waals surface area contributed by atoms with Gasteiger partial charge in [-0.1, -0.05) is 48.2 Å². The van der Waals surface area contributed by atoms with Gasteiger partial charge in [0.15, 0.2) is 5.17 Å². The highest BCUT2D eigenvalue weighted by atomic mass is 32.2. The molecule has 216 valence electrons. The number of para-hydroxylation sites is 1. The summed E-state index contributed by atoms with van der Waals surface area (Å²) in [6, 6.07) is 18.5. The molecule has 14 heteroatoms. The van der Waals surface area contributed by atoms with E-state index in [1.165, 1.54) is 41.3 Å². The summed E-state index contributed by atoms with van der Waals surface area (Å²) in [5.74, 6) is -0.813. The fourth-order valence-corrected chi connectivity index (χ4v) is 4.39. The molecule has 0 unspecified atom stereocenters. The van der Waals surface area contributed by atoms with Crippen LogP contribution in [0.4, 0.5) is 24.5 Å². The Labute approximate surface area is 242 Å². The number of nitrogens with zero attached hydrogens (tertiary/aromatic N) is 5. The molecule has 1 heterocycles. The number of carbonyl (C=O) groups is 2. The minimum absolute atomic E-state index is 0.153. The van der Waals surface area contributed by atoms with Gasteiger partial charge in [0.05, 0.1) is 35.5 Å². The van der Waals surface area contributed by atoms with Gasteiger partial charge in [-0.05, 0) is 48.9 Å². The zero-order valence-corrected chi connectivity index (χ0v) is 22.8. The number of thioether (sulfide) groups is 1. The Kier molecular flexibility index (Phi) is 9.70. The van der Waals surface area contributed by atoms with Crippen molar-refractivity contribution in [1.82, 2.24) is 0 Å². The molecule has 0 radical (unpaired) electrons. The molecule has 3 aromatic rings. The fourth-order valence-electron chi connectivity index (χ4n) is 3.57. The molecule has 1 fully saturated rings. The molecule has 1 amide bonds. The van der Waals surface area contributed by atoms with Gasteiger partial charge in [-0.2, -0.15) is 5.10 Å². The molecule has 0 aliphatic carbocycles. The number of hydrogen-bond donors (Lipinski definition) is 1. The number of ether oxygens (including phenoxy) is 2. The number of halogens is 3. The van der Waals surface area contributed by atoms with Crippen molar-refractivity contribution in [3.63, 3.8) is 0 Å². The van der Waals surface area contributed by atoms with E-state index in [2.05, 4.69) is 24.9 Å². The van der Waals surface area contributed by atoms with Crippen LogP contribution in [0.25, 0.3) is 0 Å². The molecule has 4 rings (SSSR count). The molecule has 1 aliphatic rings. The zero-order chi connectivity index (χ0) is 30.1. The van der Waals surface area contributed by atoms with E-state index in [9.17, 15) is 22.8 Å². The maximum Gasteiger partial charge on any atom is 0.573 e. The number of amides is 1. The number of anilines is 1. The molecule has 10 nitrogen and oxygen atoms in total. The van der Waals surface area contributed by atoms with Crippen LogP contribution in [0.2, 0.25) is 0 Å². The maximum atomic E-state index is 12.6. The van der Waals surface area contributed by atoms with E-state index in [4.69, 9.17) is 10.5 Å². The lowest BCUT2D eigenvalue weighted by atomic mass is 10.1. The Bertz CT molecular complexity index is 1560. The molecule has 0 saturated carbocycles. The van der Waals surface area contributed by atoms with E-state index < -0.39 is 12.3 Å². The number of benzene rings is 3. The van der Waals surface area contributed by atoms with Crippen molar-refractivity contribution in [3.8, 4) is 5.75 Å². The van der Waals surface area contributed by atoms with Crippen LogP contribution >= 0.6 is 11.8 Å². The third-order valence-corrected chi connectivity index (χ3v) is 6.35. The quantitative estimate of drug-likeness (QED) is 0.154. The third-order valence-electron chi connectivity index (χ3n) is 5.44. The summed E-state index contributed by atoms with van der Waals surface area (Å²) in [6.45, 7) is 1.90. The summed E-state index contributed by atoms with van der Waals surface area (Å²) in [5, 5.41) is 8.62.